The Kier molecular flexibility index (Phi) is 39.8. The van der Waals surface area contributed by atoms with Crippen LogP contribution in [-0.4, -0.2) is 142 Å². The average Bonchev–Trinajstić information content (AvgIpc) is 3.37. The highest BCUT2D eigenvalue weighted by atomic mass is 16.7. The second-order valence-corrected chi connectivity index (χ2v) is 19.8. The Morgan fingerprint density at radius 2 is 0.833 bits per heavy atom. The molecule has 0 aliphatic carbocycles. The third-order valence-electron chi connectivity index (χ3n) is 13.3. The molecule has 2 rings (SSSR count). The summed E-state index contributed by atoms with van der Waals surface area (Å²) in [7, 11) is 0. The maximum Gasteiger partial charge on any atom is 0.306 e. The Labute approximate surface area is 433 Å². The number of ether oxygens (including phenoxy) is 6. The predicted octanol–water partition coefficient (Wildman–Crippen LogP) is 9.05. The highest BCUT2D eigenvalue weighted by Crippen LogP contribution is 2.26. The van der Waals surface area contributed by atoms with Crippen molar-refractivity contribution in [3.63, 3.8) is 0 Å². The smallest absolute Gasteiger partial charge is 0.306 e. The van der Waals surface area contributed by atoms with Gasteiger partial charge in [-0.3, -0.25) is 9.59 Å². The van der Waals surface area contributed by atoms with Crippen molar-refractivity contribution in [2.24, 2.45) is 0 Å². The number of esters is 2. The Bertz CT molecular complexity index is 1440. The van der Waals surface area contributed by atoms with E-state index in [1.807, 2.05) is 0 Å². The molecule has 72 heavy (non-hydrogen) atoms. The van der Waals surface area contributed by atoms with Gasteiger partial charge in [-0.2, -0.15) is 0 Å². The molecule has 7 N–H and O–H groups in total. The predicted molar refractivity (Wildman–Crippen MR) is 280 cm³/mol. The highest BCUT2D eigenvalue weighted by molar-refractivity contribution is 5.70. The molecule has 2 aliphatic rings. The number of allylic oxidation sites excluding steroid dienone is 8. The van der Waals surface area contributed by atoms with Gasteiger partial charge in [-0.15, -0.1) is 0 Å². The first-order chi connectivity index (χ1) is 35.0. The van der Waals surface area contributed by atoms with Crippen molar-refractivity contribution in [3.05, 3.63) is 48.6 Å². The zero-order valence-electron chi connectivity index (χ0n) is 44.4. The molecule has 0 aromatic rings. The molecule has 0 bridgehead atoms. The molecule has 0 radical (unpaired) electrons. The summed E-state index contributed by atoms with van der Waals surface area (Å²) in [4.78, 5) is 25.8. The normalized spacial score (nSPS) is 25.3. The van der Waals surface area contributed by atoms with Gasteiger partial charge in [0.25, 0.3) is 0 Å². The Hall–Kier alpha value is -2.54. The first kappa shape index (κ1) is 65.6. The molecule has 418 valence electrons. The van der Waals surface area contributed by atoms with Crippen LogP contribution in [-0.2, 0) is 38.0 Å². The zero-order valence-corrected chi connectivity index (χ0v) is 44.4. The van der Waals surface area contributed by atoms with E-state index in [9.17, 15) is 45.3 Å². The van der Waals surface area contributed by atoms with E-state index in [1.165, 1.54) is 116 Å². The van der Waals surface area contributed by atoms with Gasteiger partial charge in [0.05, 0.1) is 19.8 Å². The summed E-state index contributed by atoms with van der Waals surface area (Å²) >= 11 is 0. The SMILES string of the molecule is CCCCC/C=C/C/C=C/C/C=C/CCCCC(=O)O[C@@H](COC(=O)CCCCCCCCCCCCC/C=C/CCCCCCCC)CO[C@@H]1O[C@H](CO[C@@H]2O[C@H](CO)[C@H](O)C(O)C2O)[C@H](O)C(O)C1O. The Morgan fingerprint density at radius 3 is 1.38 bits per heavy atom. The molecular formula is C57H100O15. The average molecular weight is 1030 g/mol. The number of carbonyl (C=O) groups is 2. The molecule has 4 unspecified atom stereocenters. The second kappa shape index (κ2) is 43.7. The highest BCUT2D eigenvalue weighted by Gasteiger charge is 2.47. The van der Waals surface area contributed by atoms with Crippen molar-refractivity contribution in [2.75, 3.05) is 26.4 Å². The minimum absolute atomic E-state index is 0.116. The van der Waals surface area contributed by atoms with Crippen molar-refractivity contribution < 1.29 is 73.8 Å². The lowest BCUT2D eigenvalue weighted by Crippen LogP contribution is -2.61. The minimum atomic E-state index is -1.77. The molecule has 0 amide bonds. The second-order valence-electron chi connectivity index (χ2n) is 19.8. The molecule has 0 saturated carbocycles. The summed E-state index contributed by atoms with van der Waals surface area (Å²) in [5, 5.41) is 72.2. The summed E-state index contributed by atoms with van der Waals surface area (Å²) in [6, 6.07) is 0. The third kappa shape index (κ3) is 30.7. The number of hydrogen-bond donors (Lipinski definition) is 7. The lowest BCUT2D eigenvalue weighted by atomic mass is 9.98. The number of carbonyl (C=O) groups excluding carboxylic acids is 2. The molecule has 2 heterocycles. The van der Waals surface area contributed by atoms with Gasteiger partial charge in [0, 0.05) is 12.8 Å². The van der Waals surface area contributed by atoms with E-state index >= 15 is 0 Å². The Balaban J connectivity index is 1.77. The van der Waals surface area contributed by atoms with Crippen LogP contribution in [0.3, 0.4) is 0 Å². The minimum Gasteiger partial charge on any atom is -0.462 e. The van der Waals surface area contributed by atoms with Gasteiger partial charge in [-0.1, -0.05) is 165 Å². The van der Waals surface area contributed by atoms with Crippen molar-refractivity contribution in [2.45, 2.75) is 274 Å². The largest absolute Gasteiger partial charge is 0.462 e. The van der Waals surface area contributed by atoms with E-state index in [0.29, 0.717) is 12.8 Å². The lowest BCUT2D eigenvalue weighted by molar-refractivity contribution is -0.332. The fourth-order valence-electron chi connectivity index (χ4n) is 8.63. The van der Waals surface area contributed by atoms with Crippen LogP contribution in [0.2, 0.25) is 0 Å². The molecule has 11 atom stereocenters. The van der Waals surface area contributed by atoms with Crippen molar-refractivity contribution in [1.82, 2.24) is 0 Å². The lowest BCUT2D eigenvalue weighted by Gasteiger charge is -2.42. The van der Waals surface area contributed by atoms with Crippen molar-refractivity contribution >= 4 is 11.9 Å². The fourth-order valence-corrected chi connectivity index (χ4v) is 8.63. The fraction of sp³-hybridized carbons (Fsp3) is 0.825. The van der Waals surface area contributed by atoms with Crippen LogP contribution >= 0.6 is 0 Å². The van der Waals surface area contributed by atoms with Crippen molar-refractivity contribution in [3.8, 4) is 0 Å². The topological polar surface area (TPSA) is 231 Å². The van der Waals surface area contributed by atoms with E-state index in [-0.39, 0.29) is 19.4 Å². The number of unbranched alkanes of at least 4 members (excludes halogenated alkanes) is 22. The van der Waals surface area contributed by atoms with Crippen molar-refractivity contribution in [1.29, 1.82) is 0 Å². The van der Waals surface area contributed by atoms with Gasteiger partial charge in [0.1, 0.15) is 55.4 Å². The number of aliphatic hydroxyl groups is 7. The summed E-state index contributed by atoms with van der Waals surface area (Å²) in [5.74, 6) is -0.967. The number of rotatable bonds is 44. The maximum atomic E-state index is 13.0. The van der Waals surface area contributed by atoms with Gasteiger partial charge < -0.3 is 64.2 Å². The summed E-state index contributed by atoms with van der Waals surface area (Å²) in [6.07, 6.45) is 32.8. The monoisotopic (exact) mass is 1020 g/mol. The first-order valence-corrected chi connectivity index (χ1v) is 28.2. The van der Waals surface area contributed by atoms with Gasteiger partial charge >= 0.3 is 11.9 Å². The van der Waals surface area contributed by atoms with Crippen LogP contribution in [0.25, 0.3) is 0 Å². The van der Waals surface area contributed by atoms with Gasteiger partial charge in [0.15, 0.2) is 18.7 Å². The van der Waals surface area contributed by atoms with E-state index < -0.39 is 99.3 Å². The number of hydrogen-bond acceptors (Lipinski definition) is 15. The third-order valence-corrected chi connectivity index (χ3v) is 13.3. The molecule has 0 aromatic carbocycles. The standard InChI is InChI=1S/C57H100O15/c1-3-5-7-9-11-13-15-17-19-20-21-22-23-24-26-27-29-31-33-35-37-39-48(59)67-42-45(70-49(60)40-38-36-34-32-30-28-25-18-16-14-12-10-8-6-4-2)43-68-56-55(66)53(64)51(62)47(72-56)44-69-57-54(65)52(63)50(61)46(41-58)71-57/h12,14,17-19,25,30,32,45-47,50-58,61-66H,3-11,13,15-16,20-24,26-29,31,33-44H2,1-2H3/b14-12+,19-17+,25-18+,32-30+/t45-,46+,47+,50-,51-,52?,53?,54?,55?,56+,57+/m0/s1. The first-order valence-electron chi connectivity index (χ1n) is 28.2. The maximum absolute atomic E-state index is 13.0. The van der Waals surface area contributed by atoms with Crippen LogP contribution in [0.1, 0.15) is 206 Å². The van der Waals surface area contributed by atoms with E-state index in [4.69, 9.17) is 28.4 Å². The molecule has 15 nitrogen and oxygen atoms in total. The van der Waals surface area contributed by atoms with Crippen LogP contribution in [0, 0.1) is 0 Å². The number of aliphatic hydroxyl groups excluding tert-OH is 7. The molecular weight excluding hydrogens is 925 g/mol. The molecule has 2 fully saturated rings. The molecule has 0 spiro atoms. The van der Waals surface area contributed by atoms with Gasteiger partial charge in [0.2, 0.25) is 0 Å². The van der Waals surface area contributed by atoms with Gasteiger partial charge in [-0.25, -0.2) is 0 Å². The molecule has 15 heteroatoms. The summed E-state index contributed by atoms with van der Waals surface area (Å²) < 4.78 is 33.6. The van der Waals surface area contributed by atoms with Crippen LogP contribution in [0.5, 0.6) is 0 Å². The van der Waals surface area contributed by atoms with Crippen LogP contribution in [0.15, 0.2) is 48.6 Å². The quantitative estimate of drug-likeness (QED) is 0.0171. The molecule has 2 saturated heterocycles. The van der Waals surface area contributed by atoms with E-state index in [2.05, 4.69) is 62.5 Å². The van der Waals surface area contributed by atoms with E-state index in [1.54, 1.807) is 0 Å². The molecule has 2 aliphatic heterocycles. The Morgan fingerprint density at radius 1 is 0.444 bits per heavy atom. The zero-order chi connectivity index (χ0) is 52.4. The van der Waals surface area contributed by atoms with E-state index in [0.717, 1.165) is 51.4 Å². The summed E-state index contributed by atoms with van der Waals surface area (Å²) in [5.41, 5.74) is 0. The van der Waals surface area contributed by atoms with Gasteiger partial charge in [-0.05, 0) is 77.0 Å². The van der Waals surface area contributed by atoms with Crippen LogP contribution < -0.4 is 0 Å². The van der Waals surface area contributed by atoms with Crippen LogP contribution in [0.4, 0.5) is 0 Å². The summed E-state index contributed by atoms with van der Waals surface area (Å²) in [6.45, 7) is 2.53. The molecule has 0 aromatic heterocycles.